The van der Waals surface area contributed by atoms with Gasteiger partial charge in [0.1, 0.15) is 0 Å². The van der Waals surface area contributed by atoms with Crippen molar-refractivity contribution in [1.82, 2.24) is 9.13 Å². The summed E-state index contributed by atoms with van der Waals surface area (Å²) in [5, 5.41) is 24.7. The highest BCUT2D eigenvalue weighted by Crippen LogP contribution is 2.40. The SMILES string of the molecule is N#CC1=CC(c2ccc(-n3c4ccccc4c4ccccc43)cc2)=CCC=C1c1c(C#N)cccc1-n1c2c(c3ccccc31)C=CCC2. The zero-order valence-electron chi connectivity index (χ0n) is 26.8. The molecule has 2 aliphatic carbocycles. The highest BCUT2D eigenvalue weighted by atomic mass is 15.0. The van der Waals surface area contributed by atoms with Gasteiger partial charge in [-0.25, -0.2) is 0 Å². The van der Waals surface area contributed by atoms with E-state index in [1.54, 1.807) is 0 Å². The number of hydrogen-bond acceptors (Lipinski definition) is 2. The summed E-state index contributed by atoms with van der Waals surface area (Å²) in [5.41, 5.74) is 12.7. The van der Waals surface area contributed by atoms with Gasteiger partial charge in [0.2, 0.25) is 0 Å². The molecule has 0 saturated heterocycles. The number of nitriles is 2. The fraction of sp³-hybridized carbons (Fsp3) is 0.0667. The Kier molecular flexibility index (Phi) is 6.75. The monoisotopic (exact) mass is 626 g/mol. The van der Waals surface area contributed by atoms with Crippen LogP contribution in [0, 0.1) is 22.7 Å². The molecule has 0 spiro atoms. The lowest BCUT2D eigenvalue weighted by Gasteiger charge is -2.19. The van der Waals surface area contributed by atoms with Crippen molar-refractivity contribution in [3.63, 3.8) is 0 Å². The largest absolute Gasteiger partial charge is 0.312 e. The molecule has 0 N–H and O–H groups in total. The number of aromatic nitrogens is 2. The van der Waals surface area contributed by atoms with Crippen LogP contribution < -0.4 is 0 Å². The highest BCUT2D eigenvalue weighted by Gasteiger charge is 2.24. The molecule has 9 rings (SSSR count). The van der Waals surface area contributed by atoms with Crippen molar-refractivity contribution in [1.29, 1.82) is 10.5 Å². The minimum atomic E-state index is 0.546. The maximum absolute atomic E-state index is 10.6. The van der Waals surface area contributed by atoms with E-state index >= 15 is 0 Å². The lowest BCUT2D eigenvalue weighted by molar-refractivity contribution is 0.887. The number of nitrogens with zero attached hydrogens (tertiary/aromatic N) is 4. The van der Waals surface area contributed by atoms with E-state index in [2.05, 4.69) is 149 Å². The molecule has 0 amide bonds. The zero-order valence-corrected chi connectivity index (χ0v) is 26.8. The molecule has 7 aromatic rings. The lowest BCUT2D eigenvalue weighted by Crippen LogP contribution is -2.07. The molecule has 0 atom stereocenters. The molecule has 4 nitrogen and oxygen atoms in total. The number of allylic oxidation sites excluding steroid dienone is 7. The first-order valence-corrected chi connectivity index (χ1v) is 16.7. The smallest absolute Gasteiger partial charge is 0.0998 e. The molecule has 2 aliphatic rings. The Morgan fingerprint density at radius 3 is 1.98 bits per heavy atom. The van der Waals surface area contributed by atoms with E-state index in [-0.39, 0.29) is 0 Å². The highest BCUT2D eigenvalue weighted by molar-refractivity contribution is 6.09. The summed E-state index contributed by atoms with van der Waals surface area (Å²) in [7, 11) is 0. The third-order valence-corrected chi connectivity index (χ3v) is 9.93. The minimum Gasteiger partial charge on any atom is -0.312 e. The second-order valence-corrected chi connectivity index (χ2v) is 12.6. The number of hydrogen-bond donors (Lipinski definition) is 0. The third kappa shape index (κ3) is 4.50. The fourth-order valence-corrected chi connectivity index (χ4v) is 7.79. The number of fused-ring (bicyclic) bond motifs is 6. The molecule has 0 aliphatic heterocycles. The Morgan fingerprint density at radius 1 is 0.612 bits per heavy atom. The summed E-state index contributed by atoms with van der Waals surface area (Å²) in [6.45, 7) is 0. The Labute approximate surface area is 284 Å². The van der Waals surface area contributed by atoms with E-state index in [4.69, 9.17) is 0 Å². The molecule has 4 heteroatoms. The van der Waals surface area contributed by atoms with E-state index in [9.17, 15) is 10.5 Å². The quantitative estimate of drug-likeness (QED) is 0.195. The number of rotatable bonds is 4. The Balaban J connectivity index is 1.14. The van der Waals surface area contributed by atoms with Gasteiger partial charge in [-0.2, -0.15) is 10.5 Å². The van der Waals surface area contributed by atoms with Crippen molar-refractivity contribution in [2.75, 3.05) is 0 Å². The number of benzene rings is 5. The summed E-state index contributed by atoms with van der Waals surface area (Å²) in [4.78, 5) is 0. The van der Waals surface area contributed by atoms with Gasteiger partial charge in [-0.1, -0.05) is 97.1 Å². The second-order valence-electron chi connectivity index (χ2n) is 12.6. The van der Waals surface area contributed by atoms with Crippen LogP contribution >= 0.6 is 0 Å². The normalized spacial score (nSPS) is 14.1. The molecule has 0 bridgehead atoms. The zero-order chi connectivity index (χ0) is 32.9. The van der Waals surface area contributed by atoms with E-state index in [1.807, 2.05) is 18.2 Å². The summed E-state index contributed by atoms with van der Waals surface area (Å²) >= 11 is 0. The van der Waals surface area contributed by atoms with Gasteiger partial charge in [-0.05, 0) is 84.5 Å². The maximum atomic E-state index is 10.6. The first-order valence-electron chi connectivity index (χ1n) is 16.7. The molecule has 0 radical (unpaired) electrons. The van der Waals surface area contributed by atoms with E-state index in [0.717, 1.165) is 52.0 Å². The fourth-order valence-electron chi connectivity index (χ4n) is 7.79. The Bertz CT molecular complexity index is 2640. The van der Waals surface area contributed by atoms with Crippen molar-refractivity contribution < 1.29 is 0 Å². The van der Waals surface area contributed by atoms with Crippen LogP contribution in [0.15, 0.2) is 145 Å². The molecular weight excluding hydrogens is 597 g/mol. The number of para-hydroxylation sites is 3. The van der Waals surface area contributed by atoms with Crippen LogP contribution in [0.3, 0.4) is 0 Å². The molecule has 230 valence electrons. The molecular formula is C45H30N4. The van der Waals surface area contributed by atoms with Gasteiger partial charge in [-0.15, -0.1) is 0 Å². The van der Waals surface area contributed by atoms with Gasteiger partial charge in [0.25, 0.3) is 0 Å². The van der Waals surface area contributed by atoms with E-state index < -0.39 is 0 Å². The lowest BCUT2D eigenvalue weighted by atomic mass is 9.91. The summed E-state index contributed by atoms with van der Waals surface area (Å²) in [6, 6.07) is 45.0. The van der Waals surface area contributed by atoms with Gasteiger partial charge in [0.05, 0.1) is 45.5 Å². The van der Waals surface area contributed by atoms with Crippen molar-refractivity contribution in [3.8, 4) is 23.5 Å². The van der Waals surface area contributed by atoms with Crippen molar-refractivity contribution in [2.24, 2.45) is 0 Å². The standard InChI is InChI=1S/C45H30N4/c46-28-32-12-10-22-44(49-42-20-7-3-15-38(42)39-16-4-8-21-43(39)49)45(32)35-17-9-11-31(27-33(35)29-47)30-23-25-34(26-24-30)48-40-18-5-1-13-36(40)37-14-2-6-19-41(37)48/h1-7,10-20,22-27H,8-9,21H2. The predicted molar refractivity (Wildman–Crippen MR) is 200 cm³/mol. The molecule has 0 saturated carbocycles. The van der Waals surface area contributed by atoms with E-state index in [0.29, 0.717) is 17.6 Å². The molecule has 0 unspecified atom stereocenters. The van der Waals surface area contributed by atoms with Crippen LogP contribution in [0.2, 0.25) is 0 Å². The van der Waals surface area contributed by atoms with Crippen molar-refractivity contribution in [2.45, 2.75) is 19.3 Å². The molecule has 0 fully saturated rings. The summed E-state index contributed by atoms with van der Waals surface area (Å²) in [6.07, 6.45) is 13.2. The van der Waals surface area contributed by atoms with Gasteiger partial charge in [0.15, 0.2) is 0 Å². The average Bonchev–Trinajstić information content (AvgIpc) is 3.58. The van der Waals surface area contributed by atoms with Gasteiger partial charge in [-0.3, -0.25) is 0 Å². The van der Waals surface area contributed by atoms with Gasteiger partial charge >= 0.3 is 0 Å². The second kappa shape index (κ2) is 11.6. The van der Waals surface area contributed by atoms with Crippen LogP contribution in [-0.2, 0) is 6.42 Å². The van der Waals surface area contributed by atoms with Crippen molar-refractivity contribution >= 4 is 49.9 Å². The third-order valence-electron chi connectivity index (χ3n) is 9.93. The van der Waals surface area contributed by atoms with Crippen molar-refractivity contribution in [3.05, 3.63) is 173 Å². The summed E-state index contributed by atoms with van der Waals surface area (Å²) < 4.78 is 4.62. The van der Waals surface area contributed by atoms with Crippen LogP contribution in [0.1, 0.15) is 40.8 Å². The maximum Gasteiger partial charge on any atom is 0.0998 e. The Hall–Kier alpha value is -6.62. The van der Waals surface area contributed by atoms with Gasteiger partial charge in [0, 0.05) is 38.7 Å². The van der Waals surface area contributed by atoms with Crippen LogP contribution in [-0.4, -0.2) is 9.13 Å². The van der Waals surface area contributed by atoms with Crippen LogP contribution in [0.25, 0.3) is 61.3 Å². The summed E-state index contributed by atoms with van der Waals surface area (Å²) in [5.74, 6) is 0. The first kappa shape index (κ1) is 28.6. The van der Waals surface area contributed by atoms with Crippen LogP contribution in [0.5, 0.6) is 0 Å². The first-order chi connectivity index (χ1) is 24.2. The van der Waals surface area contributed by atoms with Gasteiger partial charge < -0.3 is 9.13 Å². The topological polar surface area (TPSA) is 57.4 Å². The minimum absolute atomic E-state index is 0.546. The predicted octanol–water partition coefficient (Wildman–Crippen LogP) is 10.9. The molecule has 2 aromatic heterocycles. The molecule has 2 heterocycles. The van der Waals surface area contributed by atoms with E-state index in [1.165, 1.54) is 38.4 Å². The average molecular weight is 627 g/mol. The molecule has 49 heavy (non-hydrogen) atoms. The molecule has 5 aromatic carbocycles. The Morgan fingerprint density at radius 2 is 1.29 bits per heavy atom. The van der Waals surface area contributed by atoms with Crippen LogP contribution in [0.4, 0.5) is 0 Å².